The molecule has 1 aliphatic carbocycles. The van der Waals surface area contributed by atoms with E-state index in [1.807, 2.05) is 0 Å². The minimum atomic E-state index is -3.45. The van der Waals surface area contributed by atoms with Gasteiger partial charge in [0.05, 0.1) is 0 Å². The van der Waals surface area contributed by atoms with Crippen LogP contribution in [-0.4, -0.2) is 8.07 Å². The van der Waals surface area contributed by atoms with Crippen molar-refractivity contribution in [3.63, 3.8) is 0 Å². The van der Waals surface area contributed by atoms with Gasteiger partial charge in [0.2, 0.25) is 0 Å². The van der Waals surface area contributed by atoms with Crippen LogP contribution in [0.15, 0.2) is 222 Å². The van der Waals surface area contributed by atoms with Crippen LogP contribution in [0.5, 0.6) is 0 Å². The molecule has 1 aliphatic rings. The van der Waals surface area contributed by atoms with Crippen molar-refractivity contribution >= 4 is 23.6 Å². The van der Waals surface area contributed by atoms with Crippen molar-refractivity contribution in [3.8, 4) is 66.8 Å². The van der Waals surface area contributed by atoms with Crippen molar-refractivity contribution in [2.24, 2.45) is 5.92 Å². The first kappa shape index (κ1) is 52.1. The van der Waals surface area contributed by atoms with Gasteiger partial charge in [-0.05, 0) is 205 Å². The molecule has 380 valence electrons. The van der Waals surface area contributed by atoms with Gasteiger partial charge in [-0.1, -0.05) is 247 Å². The molecule has 0 nitrogen and oxygen atoms in total. The molecule has 76 heavy (non-hydrogen) atoms. The van der Waals surface area contributed by atoms with E-state index in [1.165, 1.54) is 132 Å². The van der Waals surface area contributed by atoms with Gasteiger partial charge < -0.3 is 0 Å². The molecule has 1 heteroatoms. The second-order valence-corrected chi connectivity index (χ2v) is 25.3. The third-order valence-corrected chi connectivity index (χ3v) is 22.4. The molecule has 0 N–H and O–H groups in total. The lowest BCUT2D eigenvalue weighted by Gasteiger charge is -2.40. The van der Waals surface area contributed by atoms with Crippen molar-refractivity contribution < 1.29 is 0 Å². The summed E-state index contributed by atoms with van der Waals surface area (Å²) in [5.41, 5.74) is 27.4. The van der Waals surface area contributed by atoms with Crippen LogP contribution in [0, 0.1) is 5.92 Å². The summed E-state index contributed by atoms with van der Waals surface area (Å²) in [6, 6.07) is 79.5. The molecule has 0 aromatic heterocycles. The molecule has 0 amide bonds. The molecule has 9 aromatic carbocycles. The number of aryl methyl sites for hydroxylation is 6. The first-order chi connectivity index (χ1) is 37.0. The van der Waals surface area contributed by atoms with Crippen LogP contribution in [0.3, 0.4) is 0 Å². The Morgan fingerprint density at radius 3 is 0.618 bits per heavy atom. The summed E-state index contributed by atoms with van der Waals surface area (Å²) in [5.74, 6) is 0.200. The fourth-order valence-electron chi connectivity index (χ4n) is 12.1. The molecule has 0 aliphatic heterocycles. The van der Waals surface area contributed by atoms with Crippen LogP contribution in [0.4, 0.5) is 0 Å². The largest absolute Gasteiger partial charge is 0.176 e. The zero-order chi connectivity index (χ0) is 53.1. The second-order valence-electron chi connectivity index (χ2n) is 21.5. The van der Waals surface area contributed by atoms with Crippen molar-refractivity contribution in [3.05, 3.63) is 255 Å². The van der Waals surface area contributed by atoms with Crippen LogP contribution < -0.4 is 15.6 Å². The van der Waals surface area contributed by atoms with E-state index in [0.717, 1.165) is 38.5 Å². The number of rotatable bonds is 16. The topological polar surface area (TPSA) is 0 Å². The van der Waals surface area contributed by atoms with Gasteiger partial charge in [0.1, 0.15) is 0 Å². The molecule has 0 saturated heterocycles. The van der Waals surface area contributed by atoms with E-state index in [2.05, 4.69) is 269 Å². The Hall–Kier alpha value is -7.32. The highest BCUT2D eigenvalue weighted by atomic mass is 28.3. The van der Waals surface area contributed by atoms with E-state index >= 15 is 0 Å². The number of hydrogen-bond acceptors (Lipinski definition) is 0. The zero-order valence-electron chi connectivity index (χ0n) is 46.9. The lowest BCUT2D eigenvalue weighted by molar-refractivity contribution is 0.851. The van der Waals surface area contributed by atoms with E-state index in [1.54, 1.807) is 5.20 Å². The van der Waals surface area contributed by atoms with Gasteiger partial charge in [0.15, 0.2) is 8.07 Å². The average Bonchev–Trinajstić information content (AvgIpc) is 3.83. The van der Waals surface area contributed by atoms with Crippen LogP contribution in [0.1, 0.15) is 103 Å². The fraction of sp³-hybridized carbons (Fsp3) is 0.227. The molecule has 0 heterocycles. The van der Waals surface area contributed by atoms with Crippen molar-refractivity contribution in [1.82, 2.24) is 0 Å². The predicted molar refractivity (Wildman–Crippen MR) is 333 cm³/mol. The van der Waals surface area contributed by atoms with Gasteiger partial charge in [-0.15, -0.1) is 0 Å². The molecule has 9 aromatic rings. The van der Waals surface area contributed by atoms with E-state index in [4.69, 9.17) is 0 Å². The van der Waals surface area contributed by atoms with E-state index in [-0.39, 0.29) is 5.92 Å². The Bertz CT molecular complexity index is 3030. The summed E-state index contributed by atoms with van der Waals surface area (Å²) < 4.78 is 0. The number of benzene rings is 9. The third-order valence-electron chi connectivity index (χ3n) is 17.3. The maximum absolute atomic E-state index is 3.45. The Labute approximate surface area is 457 Å². The molecule has 1 atom stereocenters. The monoisotopic (exact) mass is 1000 g/mol. The van der Waals surface area contributed by atoms with Crippen molar-refractivity contribution in [1.29, 1.82) is 0 Å². The summed E-state index contributed by atoms with van der Waals surface area (Å²) in [6.07, 6.45) is 6.03. The highest BCUT2D eigenvalue weighted by Gasteiger charge is 2.49. The van der Waals surface area contributed by atoms with Crippen LogP contribution in [-0.2, 0) is 38.5 Å². The van der Waals surface area contributed by atoms with Crippen molar-refractivity contribution in [2.45, 2.75) is 108 Å². The minimum absolute atomic E-state index is 0.200. The van der Waals surface area contributed by atoms with Gasteiger partial charge >= 0.3 is 0 Å². The van der Waals surface area contributed by atoms with Crippen molar-refractivity contribution in [2.75, 3.05) is 0 Å². The highest BCUT2D eigenvalue weighted by Crippen LogP contribution is 2.44. The summed E-state index contributed by atoms with van der Waals surface area (Å²) in [5, 5.41) is 5.78. The summed E-state index contributed by atoms with van der Waals surface area (Å²) in [6.45, 7) is 23.3. The SMILES string of the molecule is CCc1ccc(-c2cc(-c3ccc(CC)cc3)cc([Si](C3=C(C)C(C)=C(C)C3C)(c3cc(-c4ccc(CC)cc4)cc(-c4ccc(CC)cc4)c3)c3cc(-c4ccc(CC)cc4)cc(-c4ccc(CC)cc4)c3)c2)cc1. The first-order valence-electron chi connectivity index (χ1n) is 28.4. The van der Waals surface area contributed by atoms with Gasteiger partial charge in [0, 0.05) is 0 Å². The molecule has 0 radical (unpaired) electrons. The van der Waals surface area contributed by atoms with E-state index < -0.39 is 8.07 Å². The number of hydrogen-bond donors (Lipinski definition) is 0. The van der Waals surface area contributed by atoms with E-state index in [9.17, 15) is 0 Å². The fourth-order valence-corrected chi connectivity index (χ4v) is 17.8. The Kier molecular flexibility index (Phi) is 15.4. The van der Waals surface area contributed by atoms with Gasteiger partial charge in [-0.25, -0.2) is 0 Å². The smallest absolute Gasteiger partial charge is 0.0636 e. The Balaban J connectivity index is 1.42. The lowest BCUT2D eigenvalue weighted by Crippen LogP contribution is -2.69. The standard InChI is InChI=1S/C75H76Si/c1-11-54-17-29-60(30-18-54)66-41-67(61-31-19-55(12-2)20-32-61)45-72(44-66)76(75-52(9)50(7)51(8)53(75)10,73-46-68(62-33-21-56(13-3)22-34-62)42-69(47-73)63-35-23-57(14-4)24-36-63)74-48-70(64-37-25-58(15-5)26-38-64)43-71(49-74)65-39-27-59(16-6)28-40-65/h17-49,52H,11-16H2,1-10H3. The highest BCUT2D eigenvalue weighted by molar-refractivity contribution is 7.16. The van der Waals surface area contributed by atoms with Gasteiger partial charge in [-0.3, -0.25) is 0 Å². The quantitative estimate of drug-likeness (QED) is 0.0668. The van der Waals surface area contributed by atoms with Gasteiger partial charge in [-0.2, -0.15) is 0 Å². The predicted octanol–water partition coefficient (Wildman–Crippen LogP) is 18.4. The molecule has 0 fully saturated rings. The lowest BCUT2D eigenvalue weighted by atomic mass is 9.97. The minimum Gasteiger partial charge on any atom is -0.0636 e. The molecular formula is C75H76Si. The number of allylic oxidation sites excluding steroid dienone is 4. The molecular weight excluding hydrogens is 929 g/mol. The normalized spacial score (nSPS) is 13.7. The van der Waals surface area contributed by atoms with E-state index in [0.29, 0.717) is 0 Å². The third kappa shape index (κ3) is 10.1. The first-order valence-corrected chi connectivity index (χ1v) is 30.4. The molecule has 0 bridgehead atoms. The van der Waals surface area contributed by atoms with Gasteiger partial charge in [0.25, 0.3) is 0 Å². The molecule has 0 spiro atoms. The molecule has 1 unspecified atom stereocenters. The summed E-state index contributed by atoms with van der Waals surface area (Å²) in [7, 11) is -3.45. The average molecular weight is 1010 g/mol. The Morgan fingerprint density at radius 2 is 0.461 bits per heavy atom. The maximum Gasteiger partial charge on any atom is 0.176 e. The Morgan fingerprint density at radius 1 is 0.263 bits per heavy atom. The summed E-state index contributed by atoms with van der Waals surface area (Å²) in [4.78, 5) is 0. The molecule has 10 rings (SSSR count). The van der Waals surface area contributed by atoms with Crippen LogP contribution >= 0.6 is 0 Å². The maximum atomic E-state index is 2.63. The van der Waals surface area contributed by atoms with Crippen LogP contribution in [0.2, 0.25) is 0 Å². The van der Waals surface area contributed by atoms with Crippen LogP contribution in [0.25, 0.3) is 66.8 Å². The summed E-state index contributed by atoms with van der Waals surface area (Å²) >= 11 is 0. The zero-order valence-corrected chi connectivity index (χ0v) is 47.9. The molecule has 0 saturated carbocycles. The second kappa shape index (κ2) is 22.5.